The molecule has 2 aromatic heterocycles. The zero-order valence-corrected chi connectivity index (χ0v) is 16.1. The zero-order chi connectivity index (χ0) is 19.0. The molecule has 0 aliphatic carbocycles. The molecule has 1 aromatic carbocycles. The molecule has 0 radical (unpaired) electrons. The van der Waals surface area contributed by atoms with Gasteiger partial charge >= 0.3 is 5.97 Å². The van der Waals surface area contributed by atoms with E-state index in [1.54, 1.807) is 6.07 Å². The van der Waals surface area contributed by atoms with Gasteiger partial charge in [0, 0.05) is 17.5 Å². The number of carbonyl (C=O) groups is 2. The summed E-state index contributed by atoms with van der Waals surface area (Å²) in [5.41, 5.74) is 1.88. The molecule has 0 saturated heterocycles. The van der Waals surface area contributed by atoms with E-state index in [1.165, 1.54) is 30.2 Å². The minimum atomic E-state index is -1.04. The highest BCUT2D eigenvalue weighted by atomic mass is 35.5. The van der Waals surface area contributed by atoms with Gasteiger partial charge in [-0.3, -0.25) is 9.48 Å². The third kappa shape index (κ3) is 3.45. The van der Waals surface area contributed by atoms with Crippen molar-refractivity contribution < 1.29 is 14.7 Å². The van der Waals surface area contributed by atoms with Gasteiger partial charge in [0.2, 0.25) is 0 Å². The molecule has 136 valence electrons. The minimum Gasteiger partial charge on any atom is -0.480 e. The number of benzene rings is 1. The maximum absolute atomic E-state index is 12.6. The summed E-state index contributed by atoms with van der Waals surface area (Å²) in [4.78, 5) is 26.3. The molecule has 3 aromatic rings. The molecule has 1 atom stereocenters. The van der Waals surface area contributed by atoms with Crippen molar-refractivity contribution in [3.8, 4) is 0 Å². The number of carboxylic acids is 1. The third-order valence-electron chi connectivity index (χ3n) is 4.32. The van der Waals surface area contributed by atoms with Crippen molar-refractivity contribution in [2.24, 2.45) is 0 Å². The van der Waals surface area contributed by atoms with Crippen LogP contribution in [0.25, 0.3) is 10.2 Å². The molecular formula is C18H18ClN3O3S. The molecule has 26 heavy (non-hydrogen) atoms. The van der Waals surface area contributed by atoms with Crippen molar-refractivity contribution in [3.63, 3.8) is 0 Å². The van der Waals surface area contributed by atoms with E-state index < -0.39 is 12.0 Å². The fraction of sp³-hybridized carbons (Fsp3) is 0.278. The first-order valence-corrected chi connectivity index (χ1v) is 9.18. The second-order valence-electron chi connectivity index (χ2n) is 6.13. The number of carbonyl (C=O) groups excluding carboxylic acids is 1. The number of aryl methyl sites for hydroxylation is 1. The summed E-state index contributed by atoms with van der Waals surface area (Å²) >= 11 is 7.25. The van der Waals surface area contributed by atoms with Crippen molar-refractivity contribution in [1.29, 1.82) is 0 Å². The number of rotatable bonds is 5. The molecule has 0 aliphatic heterocycles. The highest BCUT2D eigenvalue weighted by molar-refractivity contribution is 7.20. The Balaban J connectivity index is 1.92. The van der Waals surface area contributed by atoms with Gasteiger partial charge in [-0.15, -0.1) is 11.3 Å². The number of hydrogen-bond donors (Lipinski definition) is 1. The molecule has 0 fully saturated rings. The first-order chi connectivity index (χ1) is 12.3. The topological polar surface area (TPSA) is 75.4 Å². The Kier molecular flexibility index (Phi) is 5.02. The Labute approximate surface area is 159 Å². The number of carboxylic acid groups (broad SMARTS) is 1. The lowest BCUT2D eigenvalue weighted by Crippen LogP contribution is -2.39. The lowest BCUT2D eigenvalue weighted by Gasteiger charge is -2.20. The molecule has 0 spiro atoms. The van der Waals surface area contributed by atoms with Gasteiger partial charge in [-0.2, -0.15) is 5.10 Å². The van der Waals surface area contributed by atoms with Gasteiger partial charge in [0.15, 0.2) is 0 Å². The summed E-state index contributed by atoms with van der Waals surface area (Å²) in [6.07, 6.45) is 0. The number of amides is 1. The van der Waals surface area contributed by atoms with Gasteiger partial charge in [-0.25, -0.2) is 4.79 Å². The summed E-state index contributed by atoms with van der Waals surface area (Å²) in [5.74, 6) is -1.34. The smallest absolute Gasteiger partial charge is 0.326 e. The Morgan fingerprint density at radius 3 is 2.62 bits per heavy atom. The molecule has 8 heteroatoms. The van der Waals surface area contributed by atoms with Crippen molar-refractivity contribution in [1.82, 2.24) is 14.7 Å². The molecule has 0 aliphatic rings. The predicted octanol–water partition coefficient (Wildman–Crippen LogP) is 3.65. The number of likely N-dealkylation sites (N-methyl/N-ethyl adjacent to an activating group) is 1. The number of fused-ring (bicyclic) bond motifs is 1. The number of hydrogen-bond acceptors (Lipinski definition) is 4. The van der Waals surface area contributed by atoms with E-state index in [2.05, 4.69) is 5.10 Å². The maximum atomic E-state index is 12.6. The monoisotopic (exact) mass is 391 g/mol. The number of thiophene rings is 1. The van der Waals surface area contributed by atoms with Gasteiger partial charge in [-0.05, 0) is 37.6 Å². The summed E-state index contributed by atoms with van der Waals surface area (Å²) in [7, 11) is 1.50. The van der Waals surface area contributed by atoms with E-state index in [1.807, 2.05) is 35.9 Å². The molecule has 1 unspecified atom stereocenters. The Hall–Kier alpha value is -2.38. The largest absolute Gasteiger partial charge is 0.480 e. The van der Waals surface area contributed by atoms with E-state index in [4.69, 9.17) is 16.7 Å². The van der Waals surface area contributed by atoms with E-state index in [9.17, 15) is 9.59 Å². The van der Waals surface area contributed by atoms with E-state index in [0.29, 0.717) is 16.4 Å². The summed E-state index contributed by atoms with van der Waals surface area (Å²) in [6.45, 7) is 3.95. The van der Waals surface area contributed by atoms with E-state index in [-0.39, 0.29) is 5.91 Å². The van der Waals surface area contributed by atoms with Gasteiger partial charge in [0.25, 0.3) is 5.91 Å². The van der Waals surface area contributed by atoms with Crippen LogP contribution in [0.2, 0.25) is 5.02 Å². The SMILES string of the molecule is Cc1nn(Cc2ccc(Cl)cc2)c2sc(C(=O)N(C)C(C)C(=O)O)cc12. The molecule has 1 amide bonds. The van der Waals surface area contributed by atoms with Crippen LogP contribution in [0.4, 0.5) is 0 Å². The fourth-order valence-corrected chi connectivity index (χ4v) is 3.87. The molecule has 3 rings (SSSR count). The van der Waals surface area contributed by atoms with Crippen molar-refractivity contribution in [2.75, 3.05) is 7.05 Å². The Morgan fingerprint density at radius 2 is 2.00 bits per heavy atom. The van der Waals surface area contributed by atoms with E-state index >= 15 is 0 Å². The fourth-order valence-electron chi connectivity index (χ4n) is 2.60. The minimum absolute atomic E-state index is 0.307. The maximum Gasteiger partial charge on any atom is 0.326 e. The van der Waals surface area contributed by atoms with Crippen LogP contribution < -0.4 is 0 Å². The molecule has 6 nitrogen and oxygen atoms in total. The molecule has 0 bridgehead atoms. The second kappa shape index (κ2) is 7.09. The van der Waals surface area contributed by atoms with Gasteiger partial charge in [0.1, 0.15) is 10.9 Å². The molecule has 1 N–H and O–H groups in total. The lowest BCUT2D eigenvalue weighted by atomic mass is 10.2. The number of nitrogens with zero attached hydrogens (tertiary/aromatic N) is 3. The first kappa shape index (κ1) is 18.4. The van der Waals surface area contributed by atoms with Gasteiger partial charge < -0.3 is 10.0 Å². The van der Waals surface area contributed by atoms with Crippen LogP contribution in [0.5, 0.6) is 0 Å². The van der Waals surface area contributed by atoms with Crippen LogP contribution in [0.3, 0.4) is 0 Å². The Morgan fingerprint density at radius 1 is 1.35 bits per heavy atom. The van der Waals surface area contributed by atoms with E-state index in [0.717, 1.165) is 21.5 Å². The van der Waals surface area contributed by atoms with Crippen molar-refractivity contribution in [2.45, 2.75) is 26.4 Å². The van der Waals surface area contributed by atoms with Crippen LogP contribution in [-0.4, -0.2) is 44.8 Å². The summed E-state index contributed by atoms with van der Waals surface area (Å²) < 4.78 is 1.86. The lowest BCUT2D eigenvalue weighted by molar-refractivity contribution is -0.141. The number of aromatic nitrogens is 2. The van der Waals surface area contributed by atoms with Crippen LogP contribution in [-0.2, 0) is 11.3 Å². The highest BCUT2D eigenvalue weighted by Crippen LogP contribution is 2.30. The average Bonchev–Trinajstić information content (AvgIpc) is 3.16. The average molecular weight is 392 g/mol. The third-order valence-corrected chi connectivity index (χ3v) is 5.71. The standard InChI is InChI=1S/C18H18ClN3O3S/c1-10-14-8-15(16(23)21(3)11(2)18(24)25)26-17(14)22(20-10)9-12-4-6-13(19)7-5-12/h4-8,11H,9H2,1-3H3,(H,24,25). The van der Waals surface area contributed by atoms with Gasteiger partial charge in [-0.1, -0.05) is 23.7 Å². The number of aliphatic carboxylic acids is 1. The second-order valence-corrected chi connectivity index (χ2v) is 7.60. The summed E-state index contributed by atoms with van der Waals surface area (Å²) in [6, 6.07) is 8.43. The highest BCUT2D eigenvalue weighted by Gasteiger charge is 2.25. The van der Waals surface area contributed by atoms with Crippen LogP contribution in [0, 0.1) is 6.92 Å². The molecule has 0 saturated carbocycles. The van der Waals surface area contributed by atoms with Crippen molar-refractivity contribution in [3.05, 3.63) is 51.5 Å². The molecular weight excluding hydrogens is 374 g/mol. The van der Waals surface area contributed by atoms with Crippen LogP contribution in [0.1, 0.15) is 27.9 Å². The normalized spacial score (nSPS) is 12.3. The van der Waals surface area contributed by atoms with Crippen LogP contribution >= 0.6 is 22.9 Å². The first-order valence-electron chi connectivity index (χ1n) is 7.99. The number of halogens is 1. The predicted molar refractivity (Wildman–Crippen MR) is 102 cm³/mol. The van der Waals surface area contributed by atoms with Crippen LogP contribution in [0.15, 0.2) is 30.3 Å². The quantitative estimate of drug-likeness (QED) is 0.720. The van der Waals surface area contributed by atoms with Gasteiger partial charge in [0.05, 0.1) is 17.1 Å². The van der Waals surface area contributed by atoms with Crippen molar-refractivity contribution >= 4 is 45.0 Å². The summed E-state index contributed by atoms with van der Waals surface area (Å²) in [5, 5.41) is 15.2. The zero-order valence-electron chi connectivity index (χ0n) is 14.6. The molecule has 2 heterocycles. The Bertz CT molecular complexity index is 978.